The molecule has 5 nitrogen and oxygen atoms in total. The number of hydrogen-bond acceptors (Lipinski definition) is 4. The molecule has 0 bridgehead atoms. The van der Waals surface area contributed by atoms with Crippen molar-refractivity contribution in [2.75, 3.05) is 32.1 Å². The summed E-state index contributed by atoms with van der Waals surface area (Å²) in [6.45, 7) is 2.86. The summed E-state index contributed by atoms with van der Waals surface area (Å²) >= 11 is 0. The second-order valence-corrected chi connectivity index (χ2v) is 4.21. The molecule has 0 radical (unpaired) electrons. The van der Waals surface area contributed by atoms with Crippen LogP contribution in [0.5, 0.6) is 0 Å². The minimum atomic E-state index is -0.270. The maximum absolute atomic E-state index is 11.7. The summed E-state index contributed by atoms with van der Waals surface area (Å²) in [7, 11) is 1.78. The first-order valence-corrected chi connectivity index (χ1v) is 6.31. The molecule has 5 heteroatoms. The van der Waals surface area contributed by atoms with E-state index in [1.165, 1.54) is 0 Å². The topological polar surface area (TPSA) is 58.6 Å². The van der Waals surface area contributed by atoms with Gasteiger partial charge in [0.1, 0.15) is 0 Å². The number of para-hydroxylation sites is 1. The quantitative estimate of drug-likeness (QED) is 0.758. The van der Waals surface area contributed by atoms with Gasteiger partial charge in [-0.15, -0.1) is 0 Å². The molecule has 1 aromatic rings. The van der Waals surface area contributed by atoms with Crippen LogP contribution < -0.4 is 5.32 Å². The fourth-order valence-electron chi connectivity index (χ4n) is 1.54. The SMILES string of the molecule is CCOC(=O)CN(C)CCC(=O)Nc1ccccc1. The van der Waals surface area contributed by atoms with Gasteiger partial charge in [0.25, 0.3) is 0 Å². The molecular formula is C14H20N2O3. The predicted molar refractivity (Wildman–Crippen MR) is 73.8 cm³/mol. The number of carbonyl (C=O) groups is 2. The van der Waals surface area contributed by atoms with Crippen LogP contribution in [0.2, 0.25) is 0 Å². The number of carbonyl (C=O) groups excluding carboxylic acids is 2. The molecule has 0 spiro atoms. The summed E-state index contributed by atoms with van der Waals surface area (Å²) < 4.78 is 4.83. The second kappa shape index (κ2) is 8.26. The highest BCUT2D eigenvalue weighted by atomic mass is 16.5. The molecule has 0 aliphatic carbocycles. The lowest BCUT2D eigenvalue weighted by molar-refractivity contribution is -0.144. The minimum absolute atomic E-state index is 0.0677. The number of rotatable bonds is 7. The van der Waals surface area contributed by atoms with Gasteiger partial charge in [0, 0.05) is 18.7 Å². The molecule has 0 saturated heterocycles. The molecule has 1 amide bonds. The van der Waals surface area contributed by atoms with E-state index in [1.54, 1.807) is 18.9 Å². The third-order valence-corrected chi connectivity index (χ3v) is 2.48. The molecule has 0 atom stereocenters. The zero-order chi connectivity index (χ0) is 14.1. The Morgan fingerprint density at radius 1 is 1.26 bits per heavy atom. The highest BCUT2D eigenvalue weighted by Gasteiger charge is 2.09. The third-order valence-electron chi connectivity index (χ3n) is 2.48. The Kier molecular flexibility index (Phi) is 6.60. The van der Waals surface area contributed by atoms with Gasteiger partial charge in [-0.3, -0.25) is 14.5 Å². The van der Waals surface area contributed by atoms with Crippen molar-refractivity contribution in [3.63, 3.8) is 0 Å². The zero-order valence-corrected chi connectivity index (χ0v) is 11.4. The van der Waals surface area contributed by atoms with Crippen molar-refractivity contribution in [1.82, 2.24) is 4.90 Å². The summed E-state index contributed by atoms with van der Waals surface area (Å²) in [6.07, 6.45) is 0.338. The number of esters is 1. The minimum Gasteiger partial charge on any atom is -0.465 e. The maximum Gasteiger partial charge on any atom is 0.320 e. The molecule has 0 heterocycles. The third kappa shape index (κ3) is 6.57. The average Bonchev–Trinajstić information content (AvgIpc) is 2.38. The van der Waals surface area contributed by atoms with E-state index in [0.29, 0.717) is 19.6 Å². The van der Waals surface area contributed by atoms with E-state index >= 15 is 0 Å². The molecule has 0 aromatic heterocycles. The van der Waals surface area contributed by atoms with Crippen molar-refractivity contribution in [3.8, 4) is 0 Å². The highest BCUT2D eigenvalue weighted by molar-refractivity contribution is 5.90. The van der Waals surface area contributed by atoms with Crippen LogP contribution in [0, 0.1) is 0 Å². The molecule has 0 saturated carbocycles. The van der Waals surface area contributed by atoms with Gasteiger partial charge in [-0.1, -0.05) is 18.2 Å². The highest BCUT2D eigenvalue weighted by Crippen LogP contribution is 2.05. The van der Waals surface area contributed by atoms with E-state index in [2.05, 4.69) is 5.32 Å². The zero-order valence-electron chi connectivity index (χ0n) is 11.4. The first-order chi connectivity index (χ1) is 9.11. The number of amides is 1. The normalized spacial score (nSPS) is 10.3. The van der Waals surface area contributed by atoms with Crippen LogP contribution in [0.4, 0.5) is 5.69 Å². The van der Waals surface area contributed by atoms with E-state index in [9.17, 15) is 9.59 Å². The second-order valence-electron chi connectivity index (χ2n) is 4.21. The van der Waals surface area contributed by atoms with E-state index < -0.39 is 0 Å². The Hall–Kier alpha value is -1.88. The first-order valence-electron chi connectivity index (χ1n) is 6.31. The first kappa shape index (κ1) is 15.2. The summed E-state index contributed by atoms with van der Waals surface area (Å²) in [4.78, 5) is 24.7. The lowest BCUT2D eigenvalue weighted by atomic mass is 10.3. The molecule has 19 heavy (non-hydrogen) atoms. The summed E-state index contributed by atoms with van der Waals surface area (Å²) in [6, 6.07) is 9.29. The molecule has 0 unspecified atom stereocenters. The van der Waals surface area contributed by atoms with Gasteiger partial charge in [-0.05, 0) is 26.1 Å². The Labute approximate surface area is 113 Å². The van der Waals surface area contributed by atoms with Crippen LogP contribution in [-0.2, 0) is 14.3 Å². The largest absolute Gasteiger partial charge is 0.465 e. The smallest absolute Gasteiger partial charge is 0.320 e. The van der Waals surface area contributed by atoms with Gasteiger partial charge >= 0.3 is 5.97 Å². The number of nitrogens with one attached hydrogen (secondary N) is 1. The number of nitrogens with zero attached hydrogens (tertiary/aromatic N) is 1. The van der Waals surface area contributed by atoms with E-state index in [-0.39, 0.29) is 18.4 Å². The number of benzene rings is 1. The van der Waals surface area contributed by atoms with Crippen LogP contribution in [0.15, 0.2) is 30.3 Å². The van der Waals surface area contributed by atoms with Gasteiger partial charge in [0.15, 0.2) is 0 Å². The van der Waals surface area contributed by atoms with E-state index in [4.69, 9.17) is 4.74 Å². The van der Waals surface area contributed by atoms with Gasteiger partial charge in [0.2, 0.25) is 5.91 Å². The number of likely N-dealkylation sites (N-methyl/N-ethyl adjacent to an activating group) is 1. The lowest BCUT2D eigenvalue weighted by Gasteiger charge is -2.15. The van der Waals surface area contributed by atoms with Crippen LogP contribution in [0.1, 0.15) is 13.3 Å². The van der Waals surface area contributed by atoms with Gasteiger partial charge < -0.3 is 10.1 Å². The van der Waals surface area contributed by atoms with E-state index in [0.717, 1.165) is 5.69 Å². The maximum atomic E-state index is 11.7. The summed E-state index contributed by atoms with van der Waals surface area (Å²) in [5.41, 5.74) is 0.778. The van der Waals surface area contributed by atoms with Crippen molar-refractivity contribution in [2.45, 2.75) is 13.3 Å². The van der Waals surface area contributed by atoms with Gasteiger partial charge in [-0.25, -0.2) is 0 Å². The van der Waals surface area contributed by atoms with Crippen molar-refractivity contribution in [2.24, 2.45) is 0 Å². The van der Waals surface area contributed by atoms with Gasteiger partial charge in [-0.2, -0.15) is 0 Å². The summed E-state index contributed by atoms with van der Waals surface area (Å²) in [5.74, 6) is -0.338. The average molecular weight is 264 g/mol. The number of anilines is 1. The number of ether oxygens (including phenoxy) is 1. The fourth-order valence-corrected chi connectivity index (χ4v) is 1.54. The van der Waals surface area contributed by atoms with E-state index in [1.807, 2.05) is 30.3 Å². The fraction of sp³-hybridized carbons (Fsp3) is 0.429. The Balaban J connectivity index is 2.24. The summed E-state index contributed by atoms with van der Waals surface area (Å²) in [5, 5.41) is 2.79. The van der Waals surface area contributed by atoms with Crippen molar-refractivity contribution in [3.05, 3.63) is 30.3 Å². The predicted octanol–water partition coefficient (Wildman–Crippen LogP) is 1.51. The molecule has 104 valence electrons. The standard InChI is InChI=1S/C14H20N2O3/c1-3-19-14(18)11-16(2)10-9-13(17)15-12-7-5-4-6-8-12/h4-8H,3,9-11H2,1-2H3,(H,15,17). The van der Waals surface area contributed by atoms with Crippen molar-refractivity contribution >= 4 is 17.6 Å². The number of hydrogen-bond donors (Lipinski definition) is 1. The Morgan fingerprint density at radius 3 is 2.58 bits per heavy atom. The molecular weight excluding hydrogens is 244 g/mol. The lowest BCUT2D eigenvalue weighted by Crippen LogP contribution is -2.30. The van der Waals surface area contributed by atoms with Crippen molar-refractivity contribution < 1.29 is 14.3 Å². The van der Waals surface area contributed by atoms with Crippen LogP contribution in [0.3, 0.4) is 0 Å². The monoisotopic (exact) mass is 264 g/mol. The van der Waals surface area contributed by atoms with Crippen LogP contribution >= 0.6 is 0 Å². The van der Waals surface area contributed by atoms with Gasteiger partial charge in [0.05, 0.1) is 13.2 Å². The van der Waals surface area contributed by atoms with Crippen LogP contribution in [-0.4, -0.2) is 43.5 Å². The molecule has 1 rings (SSSR count). The Bertz CT molecular complexity index is 406. The molecule has 0 fully saturated rings. The molecule has 1 N–H and O–H groups in total. The molecule has 0 aliphatic rings. The van der Waals surface area contributed by atoms with Crippen LogP contribution in [0.25, 0.3) is 0 Å². The Morgan fingerprint density at radius 2 is 1.95 bits per heavy atom. The van der Waals surface area contributed by atoms with Crippen molar-refractivity contribution in [1.29, 1.82) is 0 Å². The molecule has 1 aromatic carbocycles. The molecule has 0 aliphatic heterocycles.